The van der Waals surface area contributed by atoms with Crippen molar-refractivity contribution in [2.24, 2.45) is 5.73 Å². The summed E-state index contributed by atoms with van der Waals surface area (Å²) in [4.78, 5) is 13.5. The van der Waals surface area contributed by atoms with Crippen LogP contribution in [0.1, 0.15) is 29.3 Å². The zero-order chi connectivity index (χ0) is 13.7. The van der Waals surface area contributed by atoms with Crippen LogP contribution in [0.5, 0.6) is 0 Å². The van der Waals surface area contributed by atoms with Crippen LogP contribution in [-0.2, 0) is 0 Å². The molecule has 0 saturated heterocycles. The third-order valence-corrected chi connectivity index (χ3v) is 2.68. The molecule has 0 saturated carbocycles. The van der Waals surface area contributed by atoms with Crippen molar-refractivity contribution in [1.82, 2.24) is 4.90 Å². The second-order valence-corrected chi connectivity index (χ2v) is 4.13. The van der Waals surface area contributed by atoms with E-state index in [1.54, 1.807) is 0 Å². The van der Waals surface area contributed by atoms with Gasteiger partial charge < -0.3 is 10.6 Å². The number of nitrogens with zero attached hydrogens (tertiary/aromatic N) is 1. The lowest BCUT2D eigenvalue weighted by Crippen LogP contribution is -2.37. The van der Waals surface area contributed by atoms with Crippen molar-refractivity contribution >= 4 is 5.91 Å². The van der Waals surface area contributed by atoms with Gasteiger partial charge in [-0.3, -0.25) is 4.79 Å². The Morgan fingerprint density at radius 3 is 2.56 bits per heavy atom. The molecule has 0 radical (unpaired) electrons. The van der Waals surface area contributed by atoms with Gasteiger partial charge in [-0.2, -0.15) is 0 Å². The van der Waals surface area contributed by atoms with Crippen LogP contribution in [0.15, 0.2) is 12.1 Å². The number of nitrogens with two attached hydrogens (primary N) is 1. The fourth-order valence-corrected chi connectivity index (χ4v) is 1.75. The highest BCUT2D eigenvalue weighted by Crippen LogP contribution is 2.18. The average Bonchev–Trinajstić information content (AvgIpc) is 2.34. The summed E-state index contributed by atoms with van der Waals surface area (Å²) in [6.07, 6.45) is 0.709. The van der Waals surface area contributed by atoms with E-state index < -0.39 is 23.1 Å². The minimum Gasteiger partial charge on any atom is -0.337 e. The quantitative estimate of drug-likeness (QED) is 0.876. The maximum absolute atomic E-state index is 13.8. The Bertz CT molecular complexity index is 429. The molecule has 0 heterocycles. The summed E-state index contributed by atoms with van der Waals surface area (Å²) in [5.74, 6) is -2.26. The first kappa shape index (κ1) is 14.6. The fourth-order valence-electron chi connectivity index (χ4n) is 1.75. The van der Waals surface area contributed by atoms with Crippen LogP contribution in [0.3, 0.4) is 0 Å². The van der Waals surface area contributed by atoms with E-state index in [1.807, 2.05) is 6.92 Å². The minimum absolute atomic E-state index is 0.254. The highest BCUT2D eigenvalue weighted by molar-refractivity contribution is 5.95. The molecule has 0 fully saturated rings. The number of halogens is 2. The largest absolute Gasteiger partial charge is 0.337 e. The van der Waals surface area contributed by atoms with Crippen molar-refractivity contribution in [3.8, 4) is 0 Å². The molecule has 3 nitrogen and oxygen atoms in total. The summed E-state index contributed by atoms with van der Waals surface area (Å²) in [5, 5.41) is 0. The highest BCUT2D eigenvalue weighted by atomic mass is 19.1. The molecule has 18 heavy (non-hydrogen) atoms. The number of aryl methyl sites for hydroxylation is 1. The molecule has 2 N–H and O–H groups in total. The van der Waals surface area contributed by atoms with Crippen molar-refractivity contribution in [3.63, 3.8) is 0 Å². The van der Waals surface area contributed by atoms with Crippen molar-refractivity contribution in [1.29, 1.82) is 0 Å². The van der Waals surface area contributed by atoms with Crippen LogP contribution in [0, 0.1) is 18.6 Å². The second-order valence-electron chi connectivity index (χ2n) is 4.13. The fraction of sp³-hybridized carbons (Fsp3) is 0.462. The average molecular weight is 256 g/mol. The van der Waals surface area contributed by atoms with Gasteiger partial charge >= 0.3 is 0 Å². The minimum atomic E-state index is -0.832. The van der Waals surface area contributed by atoms with Gasteiger partial charge in [0.25, 0.3) is 5.91 Å². The second kappa shape index (κ2) is 6.44. The number of hydrogen-bond acceptors (Lipinski definition) is 2. The van der Waals surface area contributed by atoms with Gasteiger partial charge in [-0.25, -0.2) is 8.78 Å². The number of rotatable bonds is 5. The summed E-state index contributed by atoms with van der Waals surface area (Å²) in [6.45, 7) is 4.38. The Morgan fingerprint density at radius 1 is 1.33 bits per heavy atom. The lowest BCUT2D eigenvalue weighted by molar-refractivity contribution is 0.0750. The molecule has 1 aromatic carbocycles. The van der Waals surface area contributed by atoms with E-state index in [4.69, 9.17) is 5.73 Å². The molecular weight excluding hydrogens is 238 g/mol. The number of hydrogen-bond donors (Lipinski definition) is 1. The molecule has 0 spiro atoms. The van der Waals surface area contributed by atoms with E-state index in [0.717, 1.165) is 6.07 Å². The molecule has 1 aromatic rings. The number of amides is 1. The van der Waals surface area contributed by atoms with Gasteiger partial charge in [0, 0.05) is 19.6 Å². The van der Waals surface area contributed by atoms with Crippen molar-refractivity contribution in [2.75, 3.05) is 19.6 Å². The van der Waals surface area contributed by atoms with Gasteiger partial charge in [0.05, 0.1) is 0 Å². The Labute approximate surface area is 106 Å². The topological polar surface area (TPSA) is 46.3 Å². The first-order valence-corrected chi connectivity index (χ1v) is 5.96. The standard InChI is InChI=1S/C13H18F2N2O/c1-3-7-17(8-6-16)13(18)11-10(14)5-4-9(2)12(11)15/h4-5H,3,6-8,16H2,1-2H3. The SMILES string of the molecule is CCCN(CCN)C(=O)c1c(F)ccc(C)c1F. The molecule has 0 aromatic heterocycles. The van der Waals surface area contributed by atoms with E-state index >= 15 is 0 Å². The molecular formula is C13H18F2N2O. The van der Waals surface area contributed by atoms with E-state index in [9.17, 15) is 13.6 Å². The van der Waals surface area contributed by atoms with Crippen LogP contribution >= 0.6 is 0 Å². The molecule has 0 aliphatic heterocycles. The predicted molar refractivity (Wildman–Crippen MR) is 66.3 cm³/mol. The molecule has 0 bridgehead atoms. The van der Waals surface area contributed by atoms with Crippen LogP contribution in [0.4, 0.5) is 8.78 Å². The summed E-state index contributed by atoms with van der Waals surface area (Å²) in [7, 11) is 0. The van der Waals surface area contributed by atoms with Gasteiger partial charge in [0.2, 0.25) is 0 Å². The molecule has 0 atom stereocenters. The van der Waals surface area contributed by atoms with Crippen LogP contribution < -0.4 is 5.73 Å². The lowest BCUT2D eigenvalue weighted by atomic mass is 10.1. The number of carbonyl (C=O) groups excluding carboxylic acids is 1. The van der Waals surface area contributed by atoms with E-state index in [2.05, 4.69) is 0 Å². The Kier molecular flexibility index (Phi) is 5.22. The van der Waals surface area contributed by atoms with E-state index in [-0.39, 0.29) is 12.1 Å². The molecule has 1 rings (SSSR count). The highest BCUT2D eigenvalue weighted by Gasteiger charge is 2.23. The summed E-state index contributed by atoms with van der Waals surface area (Å²) < 4.78 is 27.4. The van der Waals surface area contributed by atoms with Crippen molar-refractivity contribution in [2.45, 2.75) is 20.3 Å². The Morgan fingerprint density at radius 2 is 2.00 bits per heavy atom. The monoisotopic (exact) mass is 256 g/mol. The van der Waals surface area contributed by atoms with E-state index in [1.165, 1.54) is 17.9 Å². The van der Waals surface area contributed by atoms with Crippen LogP contribution in [0.25, 0.3) is 0 Å². The number of carbonyl (C=O) groups is 1. The van der Waals surface area contributed by atoms with Crippen LogP contribution in [0.2, 0.25) is 0 Å². The third kappa shape index (κ3) is 3.04. The summed E-state index contributed by atoms with van der Waals surface area (Å²) in [6, 6.07) is 2.42. The summed E-state index contributed by atoms with van der Waals surface area (Å²) >= 11 is 0. The Hall–Kier alpha value is -1.49. The van der Waals surface area contributed by atoms with Crippen LogP contribution in [-0.4, -0.2) is 30.4 Å². The molecule has 100 valence electrons. The predicted octanol–water partition coefficient (Wildman–Crippen LogP) is 2.08. The molecule has 0 aliphatic rings. The normalized spacial score (nSPS) is 10.5. The van der Waals surface area contributed by atoms with Crippen molar-refractivity contribution in [3.05, 3.63) is 34.9 Å². The zero-order valence-corrected chi connectivity index (χ0v) is 10.7. The zero-order valence-electron chi connectivity index (χ0n) is 10.7. The van der Waals surface area contributed by atoms with Gasteiger partial charge in [-0.05, 0) is 25.0 Å². The van der Waals surface area contributed by atoms with E-state index in [0.29, 0.717) is 19.5 Å². The molecule has 0 unspecified atom stereocenters. The molecule has 0 aliphatic carbocycles. The van der Waals surface area contributed by atoms with Crippen molar-refractivity contribution < 1.29 is 13.6 Å². The molecule has 5 heteroatoms. The van der Waals surface area contributed by atoms with Gasteiger partial charge in [0.15, 0.2) is 0 Å². The maximum atomic E-state index is 13.8. The Balaban J connectivity index is 3.11. The first-order valence-electron chi connectivity index (χ1n) is 5.96. The summed E-state index contributed by atoms with van der Waals surface area (Å²) in [5.41, 5.74) is 5.16. The third-order valence-electron chi connectivity index (χ3n) is 2.68. The first-order chi connectivity index (χ1) is 8.52. The smallest absolute Gasteiger partial charge is 0.259 e. The molecule has 1 amide bonds. The van der Waals surface area contributed by atoms with Gasteiger partial charge in [-0.1, -0.05) is 13.0 Å². The lowest BCUT2D eigenvalue weighted by Gasteiger charge is -2.22. The maximum Gasteiger partial charge on any atom is 0.259 e. The number of benzene rings is 1. The van der Waals surface area contributed by atoms with Gasteiger partial charge in [0.1, 0.15) is 17.2 Å². The van der Waals surface area contributed by atoms with Gasteiger partial charge in [-0.15, -0.1) is 0 Å².